The Morgan fingerprint density at radius 3 is 2.72 bits per heavy atom. The summed E-state index contributed by atoms with van der Waals surface area (Å²) in [6, 6.07) is 5.29. The molecule has 2 rings (SSSR count). The second kappa shape index (κ2) is 5.61. The average molecular weight is 268 g/mol. The van der Waals surface area contributed by atoms with E-state index in [4.69, 9.17) is 11.6 Å². The van der Waals surface area contributed by atoms with Gasteiger partial charge in [0.2, 0.25) is 0 Å². The Morgan fingerprint density at radius 2 is 2.22 bits per heavy atom. The summed E-state index contributed by atoms with van der Waals surface area (Å²) in [4.78, 5) is 13.4. The molecule has 0 radical (unpaired) electrons. The lowest BCUT2D eigenvalue weighted by Gasteiger charge is -2.33. The highest BCUT2D eigenvalue weighted by Crippen LogP contribution is 2.32. The van der Waals surface area contributed by atoms with E-state index in [1.165, 1.54) is 19.3 Å². The molecular weight excluding hydrogens is 250 g/mol. The average Bonchev–Trinajstić information content (AvgIpc) is 2.27. The first-order chi connectivity index (χ1) is 8.63. The molecule has 0 bridgehead atoms. The quantitative estimate of drug-likeness (QED) is 0.885. The van der Waals surface area contributed by atoms with Gasteiger partial charge in [0.25, 0.3) is 0 Å². The molecule has 1 fully saturated rings. The van der Waals surface area contributed by atoms with Gasteiger partial charge in [0.1, 0.15) is 5.56 Å². The zero-order valence-corrected chi connectivity index (χ0v) is 11.3. The van der Waals surface area contributed by atoms with Crippen molar-refractivity contribution < 1.29 is 9.90 Å². The minimum Gasteiger partial charge on any atom is -0.478 e. The summed E-state index contributed by atoms with van der Waals surface area (Å²) in [5.41, 5.74) is 0.963. The number of halogens is 1. The first-order valence-corrected chi connectivity index (χ1v) is 6.78. The first kappa shape index (κ1) is 13.2. The molecule has 0 unspecified atom stereocenters. The van der Waals surface area contributed by atoms with Crippen LogP contribution in [0.3, 0.4) is 0 Å². The highest BCUT2D eigenvalue weighted by molar-refractivity contribution is 6.34. The van der Waals surface area contributed by atoms with E-state index in [1.54, 1.807) is 6.07 Å². The van der Waals surface area contributed by atoms with Crippen molar-refractivity contribution in [2.24, 2.45) is 5.92 Å². The fourth-order valence-corrected chi connectivity index (χ4v) is 2.62. The largest absolute Gasteiger partial charge is 0.478 e. The van der Waals surface area contributed by atoms with Crippen molar-refractivity contribution in [1.82, 2.24) is 0 Å². The molecule has 1 saturated carbocycles. The van der Waals surface area contributed by atoms with Gasteiger partial charge in [-0.1, -0.05) is 24.1 Å². The molecule has 1 aromatic rings. The molecule has 0 atom stereocenters. The molecule has 0 aromatic heterocycles. The van der Waals surface area contributed by atoms with E-state index in [9.17, 15) is 9.90 Å². The van der Waals surface area contributed by atoms with Crippen molar-refractivity contribution in [3.05, 3.63) is 28.8 Å². The lowest BCUT2D eigenvalue weighted by atomic mass is 9.85. The maximum absolute atomic E-state index is 11.3. The molecule has 0 heterocycles. The van der Waals surface area contributed by atoms with Gasteiger partial charge in [0.05, 0.1) is 10.7 Å². The number of hydrogen-bond donors (Lipinski definition) is 1. The monoisotopic (exact) mass is 267 g/mol. The van der Waals surface area contributed by atoms with Gasteiger partial charge < -0.3 is 10.0 Å². The maximum Gasteiger partial charge on any atom is 0.339 e. The number of hydrogen-bond acceptors (Lipinski definition) is 2. The van der Waals surface area contributed by atoms with E-state index in [2.05, 4.69) is 4.90 Å². The Labute approximate surface area is 112 Å². The van der Waals surface area contributed by atoms with Crippen LogP contribution in [0, 0.1) is 5.92 Å². The number of carboxylic acid groups (broad SMARTS) is 1. The van der Waals surface area contributed by atoms with E-state index in [0.29, 0.717) is 10.9 Å². The topological polar surface area (TPSA) is 40.5 Å². The minimum absolute atomic E-state index is 0.223. The van der Waals surface area contributed by atoms with Gasteiger partial charge in [-0.25, -0.2) is 4.79 Å². The van der Waals surface area contributed by atoms with Gasteiger partial charge in [0.15, 0.2) is 0 Å². The van der Waals surface area contributed by atoms with Gasteiger partial charge in [-0.15, -0.1) is 0 Å². The summed E-state index contributed by atoms with van der Waals surface area (Å²) < 4.78 is 0. The summed E-state index contributed by atoms with van der Waals surface area (Å²) >= 11 is 6.00. The van der Waals surface area contributed by atoms with Crippen molar-refractivity contribution in [3.8, 4) is 0 Å². The molecule has 1 N–H and O–H groups in total. The highest BCUT2D eigenvalue weighted by atomic mass is 35.5. The molecule has 1 aliphatic rings. The number of carbonyl (C=O) groups is 1. The molecule has 0 saturated heterocycles. The number of aromatic carboxylic acids is 1. The third-order valence-corrected chi connectivity index (χ3v) is 3.95. The summed E-state index contributed by atoms with van der Waals surface area (Å²) in [5, 5.41) is 9.60. The van der Waals surface area contributed by atoms with Gasteiger partial charge in [0, 0.05) is 13.1 Å². The molecule has 0 amide bonds. The smallest absolute Gasteiger partial charge is 0.339 e. The normalized spacial score (nSPS) is 15.2. The van der Waals surface area contributed by atoms with Crippen LogP contribution in [0.25, 0.3) is 0 Å². The van der Waals surface area contributed by atoms with Crippen LogP contribution in [-0.2, 0) is 0 Å². The van der Waals surface area contributed by atoms with Gasteiger partial charge in [-0.2, -0.15) is 0 Å². The molecule has 4 heteroatoms. The standard InChI is InChI=1S/C14H18ClNO2/c1-2-16(9-10-5-3-6-10)12-8-4-7-11(15)13(12)14(17)18/h4,7-8,10H,2-3,5-6,9H2,1H3,(H,17,18). The summed E-state index contributed by atoms with van der Waals surface area (Å²) in [6.07, 6.45) is 3.79. The molecule has 1 aromatic carbocycles. The Bertz CT molecular complexity index is 443. The van der Waals surface area contributed by atoms with E-state index in [1.807, 2.05) is 19.1 Å². The Kier molecular flexibility index (Phi) is 4.12. The number of benzene rings is 1. The van der Waals surface area contributed by atoms with E-state index in [0.717, 1.165) is 18.8 Å². The van der Waals surface area contributed by atoms with Crippen LogP contribution in [0.15, 0.2) is 18.2 Å². The minimum atomic E-state index is -0.956. The molecule has 3 nitrogen and oxygen atoms in total. The molecule has 98 valence electrons. The van der Waals surface area contributed by atoms with Gasteiger partial charge in [-0.3, -0.25) is 0 Å². The van der Waals surface area contributed by atoms with Gasteiger partial charge >= 0.3 is 5.97 Å². The number of rotatable bonds is 5. The number of carboxylic acids is 1. The van der Waals surface area contributed by atoms with Crippen molar-refractivity contribution in [1.29, 1.82) is 0 Å². The number of nitrogens with zero attached hydrogens (tertiary/aromatic N) is 1. The van der Waals surface area contributed by atoms with Crippen LogP contribution in [0.1, 0.15) is 36.5 Å². The molecule has 0 aliphatic heterocycles. The van der Waals surface area contributed by atoms with Crippen LogP contribution in [0.4, 0.5) is 5.69 Å². The maximum atomic E-state index is 11.3. The Hall–Kier alpha value is -1.22. The zero-order chi connectivity index (χ0) is 13.1. The third-order valence-electron chi connectivity index (χ3n) is 3.63. The predicted molar refractivity (Wildman–Crippen MR) is 73.6 cm³/mol. The lowest BCUT2D eigenvalue weighted by molar-refractivity contribution is 0.0697. The van der Waals surface area contributed by atoms with Crippen molar-refractivity contribution >= 4 is 23.3 Å². The number of anilines is 1. The van der Waals surface area contributed by atoms with Crippen molar-refractivity contribution in [2.45, 2.75) is 26.2 Å². The van der Waals surface area contributed by atoms with E-state index < -0.39 is 5.97 Å². The summed E-state index contributed by atoms with van der Waals surface area (Å²) in [6.45, 7) is 3.78. The summed E-state index contributed by atoms with van der Waals surface area (Å²) in [7, 11) is 0. The third kappa shape index (κ3) is 2.61. The Balaban J connectivity index is 2.28. The molecule has 0 spiro atoms. The van der Waals surface area contributed by atoms with Crippen LogP contribution >= 0.6 is 11.6 Å². The fourth-order valence-electron chi connectivity index (χ4n) is 2.37. The SMILES string of the molecule is CCN(CC1CCC1)c1cccc(Cl)c1C(=O)O. The van der Waals surface area contributed by atoms with E-state index >= 15 is 0 Å². The summed E-state index contributed by atoms with van der Waals surface area (Å²) in [5.74, 6) is -0.256. The predicted octanol–water partition coefficient (Wildman–Crippen LogP) is 3.66. The zero-order valence-electron chi connectivity index (χ0n) is 10.5. The van der Waals surface area contributed by atoms with Crippen molar-refractivity contribution in [3.63, 3.8) is 0 Å². The molecule has 1 aliphatic carbocycles. The second-order valence-corrected chi connectivity index (χ2v) is 5.18. The van der Waals surface area contributed by atoms with Crippen LogP contribution in [0.5, 0.6) is 0 Å². The molecule has 18 heavy (non-hydrogen) atoms. The fraction of sp³-hybridized carbons (Fsp3) is 0.500. The lowest BCUT2D eigenvalue weighted by Crippen LogP contribution is -2.33. The van der Waals surface area contributed by atoms with E-state index in [-0.39, 0.29) is 5.56 Å². The second-order valence-electron chi connectivity index (χ2n) is 4.77. The van der Waals surface area contributed by atoms with Crippen molar-refractivity contribution in [2.75, 3.05) is 18.0 Å². The molecular formula is C14H18ClNO2. The van der Waals surface area contributed by atoms with Crippen LogP contribution in [-0.4, -0.2) is 24.2 Å². The van der Waals surface area contributed by atoms with Crippen LogP contribution in [0.2, 0.25) is 5.02 Å². The van der Waals surface area contributed by atoms with Gasteiger partial charge in [-0.05, 0) is 37.8 Å². The Morgan fingerprint density at radius 1 is 1.50 bits per heavy atom. The highest BCUT2D eigenvalue weighted by Gasteiger charge is 2.23. The van der Waals surface area contributed by atoms with Crippen LogP contribution < -0.4 is 4.90 Å². The first-order valence-electron chi connectivity index (χ1n) is 6.40.